The third kappa shape index (κ3) is 6.06. The fourth-order valence-corrected chi connectivity index (χ4v) is 7.72. The Labute approximate surface area is 271 Å². The summed E-state index contributed by atoms with van der Waals surface area (Å²) in [5.74, 6) is -0.432. The van der Waals surface area contributed by atoms with E-state index in [9.17, 15) is 19.2 Å². The molecule has 5 rings (SSSR count). The van der Waals surface area contributed by atoms with E-state index in [0.29, 0.717) is 37.5 Å². The number of hydrogen-bond donors (Lipinski definition) is 0. The number of benzene rings is 3. The minimum atomic E-state index is -0.836. The van der Waals surface area contributed by atoms with Crippen LogP contribution in [0.3, 0.4) is 0 Å². The molecule has 1 aliphatic heterocycles. The standard InChI is InChI=1S/C31H22FI2N3O4S/c1-3-40-30(39)26-17(2)36-31-37(27(26)18-8-10-22(32)11-9-18)29(38)25(42-31)13-21-12-23(33)14-24(34)28(21)41-16-20-7-5-4-6-19(20)15-35/h4-14,27H,3,16H2,1-2H3/t27-/m0/s1. The van der Waals surface area contributed by atoms with Crippen molar-refractivity contribution in [2.75, 3.05) is 6.61 Å². The lowest BCUT2D eigenvalue weighted by atomic mass is 9.96. The summed E-state index contributed by atoms with van der Waals surface area (Å²) in [5, 5.41) is 9.48. The fraction of sp³-hybridized carbons (Fsp3) is 0.161. The van der Waals surface area contributed by atoms with Crippen LogP contribution < -0.4 is 19.6 Å². The predicted molar refractivity (Wildman–Crippen MR) is 174 cm³/mol. The Morgan fingerprint density at radius 1 is 1.19 bits per heavy atom. The molecule has 0 radical (unpaired) electrons. The van der Waals surface area contributed by atoms with Crippen LogP contribution in [0.5, 0.6) is 5.75 Å². The van der Waals surface area contributed by atoms with Crippen molar-refractivity contribution in [1.29, 1.82) is 5.26 Å². The van der Waals surface area contributed by atoms with Gasteiger partial charge in [-0.3, -0.25) is 9.36 Å². The number of fused-ring (bicyclic) bond motifs is 1. The molecule has 11 heteroatoms. The smallest absolute Gasteiger partial charge is 0.338 e. The molecule has 0 aliphatic carbocycles. The molecule has 4 aromatic rings. The van der Waals surface area contributed by atoms with Gasteiger partial charge in [0.25, 0.3) is 5.56 Å². The summed E-state index contributed by atoms with van der Waals surface area (Å²) in [6, 6.07) is 18.2. The Morgan fingerprint density at radius 3 is 2.64 bits per heavy atom. The van der Waals surface area contributed by atoms with Crippen molar-refractivity contribution in [3.05, 3.63) is 127 Å². The molecule has 1 aliphatic rings. The van der Waals surface area contributed by atoms with Gasteiger partial charge in [-0.25, -0.2) is 14.2 Å². The van der Waals surface area contributed by atoms with Crippen LogP contribution in [0.15, 0.2) is 81.7 Å². The SMILES string of the molecule is CCOC(=O)C1=C(C)N=c2sc(=Cc3cc(I)cc(I)c3OCc3ccccc3C#N)c(=O)n2[C@H]1c1ccc(F)cc1. The molecule has 0 saturated carbocycles. The zero-order valence-corrected chi connectivity index (χ0v) is 27.5. The molecule has 1 atom stereocenters. The highest BCUT2D eigenvalue weighted by atomic mass is 127. The summed E-state index contributed by atoms with van der Waals surface area (Å²) in [4.78, 5) is 32.1. The number of carbonyl (C=O) groups is 1. The monoisotopic (exact) mass is 805 g/mol. The lowest BCUT2D eigenvalue weighted by molar-refractivity contribution is -0.139. The summed E-state index contributed by atoms with van der Waals surface area (Å²) in [7, 11) is 0. The Kier molecular flexibility index (Phi) is 9.24. The molecule has 0 amide bonds. The molecule has 212 valence electrons. The summed E-state index contributed by atoms with van der Waals surface area (Å²) in [6.45, 7) is 3.74. The zero-order chi connectivity index (χ0) is 30.0. The first kappa shape index (κ1) is 30.1. The zero-order valence-electron chi connectivity index (χ0n) is 22.4. The van der Waals surface area contributed by atoms with E-state index in [2.05, 4.69) is 56.2 Å². The van der Waals surface area contributed by atoms with Crippen molar-refractivity contribution in [3.8, 4) is 11.8 Å². The van der Waals surface area contributed by atoms with E-state index in [1.54, 1.807) is 44.2 Å². The van der Waals surface area contributed by atoms with E-state index in [0.717, 1.165) is 12.7 Å². The minimum absolute atomic E-state index is 0.156. The van der Waals surface area contributed by atoms with Gasteiger partial charge < -0.3 is 9.47 Å². The second kappa shape index (κ2) is 12.9. The number of ether oxygens (including phenoxy) is 2. The summed E-state index contributed by atoms with van der Waals surface area (Å²) >= 11 is 5.60. The van der Waals surface area contributed by atoms with Crippen molar-refractivity contribution >= 4 is 68.6 Å². The first-order valence-corrected chi connectivity index (χ1v) is 15.7. The van der Waals surface area contributed by atoms with Gasteiger partial charge >= 0.3 is 5.97 Å². The van der Waals surface area contributed by atoms with Gasteiger partial charge in [-0.15, -0.1) is 0 Å². The highest BCUT2D eigenvalue weighted by molar-refractivity contribution is 14.1. The van der Waals surface area contributed by atoms with E-state index >= 15 is 0 Å². The maximum absolute atomic E-state index is 14.0. The molecule has 2 heterocycles. The maximum atomic E-state index is 14.0. The van der Waals surface area contributed by atoms with Crippen LogP contribution in [0, 0.1) is 24.3 Å². The van der Waals surface area contributed by atoms with Crippen LogP contribution in [0.4, 0.5) is 4.39 Å². The van der Waals surface area contributed by atoms with Crippen molar-refractivity contribution in [2.45, 2.75) is 26.5 Å². The molecular formula is C31H22FI2N3O4S. The molecule has 0 bridgehead atoms. The number of nitriles is 1. The lowest BCUT2D eigenvalue weighted by Gasteiger charge is -2.24. The number of nitrogens with zero attached hydrogens (tertiary/aromatic N) is 3. The number of esters is 1. The number of halogens is 3. The summed E-state index contributed by atoms with van der Waals surface area (Å²) in [6.07, 6.45) is 1.75. The van der Waals surface area contributed by atoms with Crippen molar-refractivity contribution in [2.24, 2.45) is 4.99 Å². The Hall–Kier alpha value is -3.35. The number of hydrogen-bond acceptors (Lipinski definition) is 7. The van der Waals surface area contributed by atoms with Gasteiger partial charge in [0.1, 0.15) is 18.2 Å². The Balaban J connectivity index is 1.65. The molecule has 0 spiro atoms. The van der Waals surface area contributed by atoms with Crippen LogP contribution in [0.25, 0.3) is 6.08 Å². The third-order valence-electron chi connectivity index (χ3n) is 6.54. The normalized spacial score (nSPS) is 14.7. The van der Waals surface area contributed by atoms with E-state index in [4.69, 9.17) is 9.47 Å². The number of carbonyl (C=O) groups excluding carboxylic acids is 1. The van der Waals surface area contributed by atoms with Crippen LogP contribution in [-0.4, -0.2) is 17.1 Å². The fourth-order valence-electron chi connectivity index (χ4n) is 4.64. The lowest BCUT2D eigenvalue weighted by Crippen LogP contribution is -2.39. The molecule has 0 fully saturated rings. The van der Waals surface area contributed by atoms with Gasteiger partial charge in [0.05, 0.1) is 43.7 Å². The summed E-state index contributed by atoms with van der Waals surface area (Å²) in [5.41, 5.74) is 2.83. The second-order valence-electron chi connectivity index (χ2n) is 9.22. The van der Waals surface area contributed by atoms with Gasteiger partial charge in [-0.1, -0.05) is 41.7 Å². The van der Waals surface area contributed by atoms with Crippen molar-refractivity contribution in [1.82, 2.24) is 4.57 Å². The highest BCUT2D eigenvalue weighted by Crippen LogP contribution is 2.32. The molecule has 0 unspecified atom stereocenters. The maximum Gasteiger partial charge on any atom is 0.338 e. The van der Waals surface area contributed by atoms with Gasteiger partial charge in [-0.2, -0.15) is 5.26 Å². The quantitative estimate of drug-likeness (QED) is 0.179. The highest BCUT2D eigenvalue weighted by Gasteiger charge is 2.33. The molecule has 1 aromatic heterocycles. The minimum Gasteiger partial charge on any atom is -0.487 e. The third-order valence-corrected chi connectivity index (χ3v) is 8.94. The van der Waals surface area contributed by atoms with Gasteiger partial charge in [0, 0.05) is 14.7 Å². The molecule has 7 nitrogen and oxygen atoms in total. The topological polar surface area (TPSA) is 93.7 Å². The van der Waals surface area contributed by atoms with Crippen molar-refractivity contribution in [3.63, 3.8) is 0 Å². The first-order chi connectivity index (χ1) is 20.2. The van der Waals surface area contributed by atoms with Crippen LogP contribution in [0.2, 0.25) is 0 Å². The molecule has 0 saturated heterocycles. The van der Waals surface area contributed by atoms with Crippen LogP contribution >= 0.6 is 56.5 Å². The van der Waals surface area contributed by atoms with E-state index in [-0.39, 0.29) is 24.3 Å². The average molecular weight is 805 g/mol. The van der Waals surface area contributed by atoms with E-state index in [1.807, 2.05) is 24.3 Å². The van der Waals surface area contributed by atoms with E-state index < -0.39 is 17.8 Å². The van der Waals surface area contributed by atoms with E-state index in [1.165, 1.54) is 28.0 Å². The van der Waals surface area contributed by atoms with Gasteiger partial charge in [0.15, 0.2) is 4.80 Å². The molecule has 0 N–H and O–H groups in total. The Morgan fingerprint density at radius 2 is 1.93 bits per heavy atom. The number of allylic oxidation sites excluding steroid dienone is 1. The van der Waals surface area contributed by atoms with Gasteiger partial charge in [0.2, 0.25) is 0 Å². The predicted octanol–water partition coefficient (Wildman–Crippen LogP) is 5.60. The van der Waals surface area contributed by atoms with Crippen LogP contribution in [-0.2, 0) is 16.1 Å². The van der Waals surface area contributed by atoms with Crippen LogP contribution in [0.1, 0.15) is 42.1 Å². The van der Waals surface area contributed by atoms with Gasteiger partial charge in [-0.05, 0) is 101 Å². The largest absolute Gasteiger partial charge is 0.487 e. The molecule has 42 heavy (non-hydrogen) atoms. The average Bonchev–Trinajstić information content (AvgIpc) is 3.26. The second-order valence-corrected chi connectivity index (χ2v) is 12.6. The number of aromatic nitrogens is 1. The number of thiazole rings is 1. The molecular weight excluding hydrogens is 783 g/mol. The number of rotatable bonds is 7. The molecule has 3 aromatic carbocycles. The van der Waals surface area contributed by atoms with Crippen molar-refractivity contribution < 1.29 is 18.7 Å². The summed E-state index contributed by atoms with van der Waals surface area (Å²) < 4.78 is 29.0. The first-order valence-electron chi connectivity index (χ1n) is 12.8. The Bertz CT molecular complexity index is 1960.